The Morgan fingerprint density at radius 2 is 2.25 bits per heavy atom. The lowest BCUT2D eigenvalue weighted by Gasteiger charge is -2.18. The van der Waals surface area contributed by atoms with E-state index < -0.39 is 0 Å². The first-order valence-electron chi connectivity index (χ1n) is 5.51. The van der Waals surface area contributed by atoms with Gasteiger partial charge in [-0.1, -0.05) is 13.8 Å². The molecule has 0 fully saturated rings. The van der Waals surface area contributed by atoms with Crippen LogP contribution in [0, 0.1) is 6.92 Å². The van der Waals surface area contributed by atoms with Crippen molar-refractivity contribution in [3.8, 4) is 0 Å². The molecule has 0 saturated carbocycles. The first-order chi connectivity index (χ1) is 7.50. The Hall–Kier alpha value is -0.870. The summed E-state index contributed by atoms with van der Waals surface area (Å²) in [5, 5.41) is 5.20. The second kappa shape index (κ2) is 6.01. The van der Waals surface area contributed by atoms with E-state index in [2.05, 4.69) is 23.7 Å². The zero-order valence-corrected chi connectivity index (χ0v) is 11.2. The molecule has 0 aromatic carbocycles. The number of nitrogens with one attached hydrogen (secondary N) is 1. The molecule has 0 unspecified atom stereocenters. The van der Waals surface area contributed by atoms with Crippen LogP contribution in [0.3, 0.4) is 0 Å². The van der Waals surface area contributed by atoms with Gasteiger partial charge in [0.1, 0.15) is 0 Å². The van der Waals surface area contributed by atoms with Crippen molar-refractivity contribution < 1.29 is 4.79 Å². The molecule has 0 spiro atoms. The number of aryl methyl sites for hydroxylation is 1. The Kier molecular flexibility index (Phi) is 4.96. The monoisotopic (exact) mass is 240 g/mol. The van der Waals surface area contributed by atoms with E-state index in [1.165, 1.54) is 10.4 Å². The molecule has 1 amide bonds. The van der Waals surface area contributed by atoms with E-state index in [4.69, 9.17) is 0 Å². The SMILES string of the molecule is Cc1ccsc1CN(C)C(=O)CNC(C)C. The van der Waals surface area contributed by atoms with Crippen LogP contribution < -0.4 is 5.32 Å². The number of likely N-dealkylation sites (N-methyl/N-ethyl adjacent to an activating group) is 1. The maximum atomic E-state index is 11.8. The average Bonchev–Trinajstić information content (AvgIpc) is 2.60. The van der Waals surface area contributed by atoms with Gasteiger partial charge >= 0.3 is 0 Å². The van der Waals surface area contributed by atoms with Gasteiger partial charge in [-0.05, 0) is 23.9 Å². The number of rotatable bonds is 5. The molecule has 1 heterocycles. The van der Waals surface area contributed by atoms with Crippen molar-refractivity contribution in [1.82, 2.24) is 10.2 Å². The number of hydrogen-bond donors (Lipinski definition) is 1. The van der Waals surface area contributed by atoms with Crippen LogP contribution >= 0.6 is 11.3 Å². The van der Waals surface area contributed by atoms with Gasteiger partial charge in [-0.2, -0.15) is 0 Å². The Balaban J connectivity index is 2.43. The van der Waals surface area contributed by atoms with E-state index in [0.717, 1.165) is 0 Å². The quantitative estimate of drug-likeness (QED) is 0.854. The van der Waals surface area contributed by atoms with E-state index in [-0.39, 0.29) is 5.91 Å². The van der Waals surface area contributed by atoms with Gasteiger partial charge in [-0.15, -0.1) is 11.3 Å². The Morgan fingerprint density at radius 3 is 2.75 bits per heavy atom. The molecule has 0 radical (unpaired) electrons. The third-order valence-corrected chi connectivity index (χ3v) is 3.44. The van der Waals surface area contributed by atoms with E-state index in [1.54, 1.807) is 16.2 Å². The number of carbonyl (C=O) groups excluding carboxylic acids is 1. The first-order valence-corrected chi connectivity index (χ1v) is 6.39. The summed E-state index contributed by atoms with van der Waals surface area (Å²) in [5.74, 6) is 0.140. The van der Waals surface area contributed by atoms with Crippen molar-refractivity contribution in [3.05, 3.63) is 21.9 Å². The Labute approximate surface area is 101 Å². The lowest BCUT2D eigenvalue weighted by Crippen LogP contribution is -2.37. The van der Waals surface area contributed by atoms with Crippen LogP contribution in [-0.4, -0.2) is 30.4 Å². The maximum Gasteiger partial charge on any atom is 0.236 e. The molecule has 0 saturated heterocycles. The van der Waals surface area contributed by atoms with Crippen LogP contribution in [0.25, 0.3) is 0 Å². The number of amides is 1. The van der Waals surface area contributed by atoms with Crippen molar-refractivity contribution >= 4 is 17.2 Å². The van der Waals surface area contributed by atoms with E-state index in [1.807, 2.05) is 20.9 Å². The summed E-state index contributed by atoms with van der Waals surface area (Å²) in [6, 6.07) is 2.44. The average molecular weight is 240 g/mol. The second-order valence-electron chi connectivity index (χ2n) is 4.31. The zero-order chi connectivity index (χ0) is 12.1. The number of thiophene rings is 1. The molecular weight excluding hydrogens is 220 g/mol. The second-order valence-corrected chi connectivity index (χ2v) is 5.31. The normalized spacial score (nSPS) is 10.8. The van der Waals surface area contributed by atoms with Crippen LogP contribution in [0.4, 0.5) is 0 Å². The molecule has 0 atom stereocenters. The highest BCUT2D eigenvalue weighted by atomic mass is 32.1. The molecule has 1 aromatic rings. The number of hydrogen-bond acceptors (Lipinski definition) is 3. The molecule has 90 valence electrons. The topological polar surface area (TPSA) is 32.3 Å². The summed E-state index contributed by atoms with van der Waals surface area (Å²) < 4.78 is 0. The van der Waals surface area contributed by atoms with Crippen molar-refractivity contribution in [2.24, 2.45) is 0 Å². The van der Waals surface area contributed by atoms with Crippen molar-refractivity contribution in [2.45, 2.75) is 33.4 Å². The van der Waals surface area contributed by atoms with E-state index >= 15 is 0 Å². The van der Waals surface area contributed by atoms with Gasteiger partial charge in [0.15, 0.2) is 0 Å². The molecule has 0 aliphatic heterocycles. The summed E-state index contributed by atoms with van der Waals surface area (Å²) in [6.07, 6.45) is 0. The highest BCUT2D eigenvalue weighted by Crippen LogP contribution is 2.17. The van der Waals surface area contributed by atoms with Crippen LogP contribution in [0.15, 0.2) is 11.4 Å². The summed E-state index contributed by atoms with van der Waals surface area (Å²) in [5.41, 5.74) is 1.27. The molecule has 0 bridgehead atoms. The molecule has 16 heavy (non-hydrogen) atoms. The van der Waals surface area contributed by atoms with Gasteiger partial charge in [0, 0.05) is 18.0 Å². The minimum absolute atomic E-state index is 0.140. The fourth-order valence-corrected chi connectivity index (χ4v) is 2.25. The molecule has 1 aromatic heterocycles. The van der Waals surface area contributed by atoms with Gasteiger partial charge in [0.05, 0.1) is 13.1 Å². The predicted molar refractivity (Wildman–Crippen MR) is 68.7 cm³/mol. The van der Waals surface area contributed by atoms with Crippen molar-refractivity contribution in [1.29, 1.82) is 0 Å². The van der Waals surface area contributed by atoms with E-state index in [0.29, 0.717) is 19.1 Å². The zero-order valence-electron chi connectivity index (χ0n) is 10.4. The summed E-state index contributed by atoms with van der Waals surface area (Å²) >= 11 is 1.71. The van der Waals surface area contributed by atoms with E-state index in [9.17, 15) is 4.79 Å². The largest absolute Gasteiger partial charge is 0.340 e. The standard InChI is InChI=1S/C12H20N2OS/c1-9(2)13-7-12(15)14(4)8-11-10(3)5-6-16-11/h5-6,9,13H,7-8H2,1-4H3. The first kappa shape index (κ1) is 13.2. The summed E-state index contributed by atoms with van der Waals surface area (Å²) in [7, 11) is 1.85. The van der Waals surface area contributed by atoms with Crippen LogP contribution in [-0.2, 0) is 11.3 Å². The fraction of sp³-hybridized carbons (Fsp3) is 0.583. The molecule has 1 rings (SSSR count). The summed E-state index contributed by atoms with van der Waals surface area (Å²) in [4.78, 5) is 14.8. The van der Waals surface area contributed by atoms with Crippen molar-refractivity contribution in [3.63, 3.8) is 0 Å². The highest BCUT2D eigenvalue weighted by Gasteiger charge is 2.11. The smallest absolute Gasteiger partial charge is 0.236 e. The minimum atomic E-state index is 0.140. The van der Waals surface area contributed by atoms with Crippen LogP contribution in [0.2, 0.25) is 0 Å². The molecular formula is C12H20N2OS. The molecule has 4 heteroatoms. The third kappa shape index (κ3) is 3.94. The van der Waals surface area contributed by atoms with Gasteiger partial charge < -0.3 is 10.2 Å². The highest BCUT2D eigenvalue weighted by molar-refractivity contribution is 7.10. The Bertz CT molecular complexity index is 347. The minimum Gasteiger partial charge on any atom is -0.340 e. The molecule has 3 nitrogen and oxygen atoms in total. The number of carbonyl (C=O) groups is 1. The summed E-state index contributed by atoms with van der Waals surface area (Å²) in [6.45, 7) is 7.28. The predicted octanol–water partition coefficient (Wildman–Crippen LogP) is 2.01. The molecule has 0 aliphatic carbocycles. The van der Waals surface area contributed by atoms with Gasteiger partial charge in [0.25, 0.3) is 0 Å². The van der Waals surface area contributed by atoms with Crippen LogP contribution in [0.1, 0.15) is 24.3 Å². The third-order valence-electron chi connectivity index (χ3n) is 2.44. The van der Waals surface area contributed by atoms with Gasteiger partial charge in [0.2, 0.25) is 5.91 Å². The van der Waals surface area contributed by atoms with Gasteiger partial charge in [-0.3, -0.25) is 4.79 Å². The number of nitrogens with zero attached hydrogens (tertiary/aromatic N) is 1. The fourth-order valence-electron chi connectivity index (χ4n) is 1.30. The van der Waals surface area contributed by atoms with Gasteiger partial charge in [-0.25, -0.2) is 0 Å². The molecule has 1 N–H and O–H groups in total. The molecule has 0 aliphatic rings. The lowest BCUT2D eigenvalue weighted by atomic mass is 10.3. The maximum absolute atomic E-state index is 11.8. The lowest BCUT2D eigenvalue weighted by molar-refractivity contribution is -0.129. The Morgan fingerprint density at radius 1 is 1.56 bits per heavy atom. The van der Waals surface area contributed by atoms with Crippen LogP contribution in [0.5, 0.6) is 0 Å². The van der Waals surface area contributed by atoms with Crippen molar-refractivity contribution in [2.75, 3.05) is 13.6 Å².